The van der Waals surface area contributed by atoms with E-state index in [0.717, 1.165) is 0 Å². The van der Waals surface area contributed by atoms with E-state index in [2.05, 4.69) is 0 Å². The van der Waals surface area contributed by atoms with E-state index < -0.39 is 0 Å². The van der Waals surface area contributed by atoms with Crippen LogP contribution < -0.4 is 0 Å². The Kier molecular flexibility index (Phi) is 3.89. The Labute approximate surface area is 105 Å². The van der Waals surface area contributed by atoms with Crippen molar-refractivity contribution in [2.45, 2.75) is 6.61 Å². The second kappa shape index (κ2) is 5.60. The van der Waals surface area contributed by atoms with Crippen LogP contribution in [0.15, 0.2) is 42.7 Å². The SMILES string of the molecule is Cn1ccc(C(=O)COCc2ccccc2F)c1. The van der Waals surface area contributed by atoms with Gasteiger partial charge in [-0.1, -0.05) is 18.2 Å². The molecule has 0 aliphatic heterocycles. The van der Waals surface area contributed by atoms with Gasteiger partial charge in [0.15, 0.2) is 5.78 Å². The molecule has 0 saturated carbocycles. The van der Waals surface area contributed by atoms with Crippen molar-refractivity contribution >= 4 is 5.78 Å². The van der Waals surface area contributed by atoms with Gasteiger partial charge in [0.25, 0.3) is 0 Å². The van der Waals surface area contributed by atoms with Crippen molar-refractivity contribution in [3.05, 3.63) is 59.7 Å². The lowest BCUT2D eigenvalue weighted by Crippen LogP contribution is -2.08. The fourth-order valence-corrected chi connectivity index (χ4v) is 1.62. The number of aryl methyl sites for hydroxylation is 1. The summed E-state index contributed by atoms with van der Waals surface area (Å²) in [5, 5.41) is 0. The molecular formula is C14H14FNO2. The van der Waals surface area contributed by atoms with Crippen LogP contribution in [0.5, 0.6) is 0 Å². The van der Waals surface area contributed by atoms with E-state index >= 15 is 0 Å². The van der Waals surface area contributed by atoms with E-state index in [-0.39, 0.29) is 24.8 Å². The first kappa shape index (κ1) is 12.5. The van der Waals surface area contributed by atoms with Crippen LogP contribution in [0.4, 0.5) is 4.39 Å². The second-order valence-electron chi connectivity index (χ2n) is 4.07. The second-order valence-corrected chi connectivity index (χ2v) is 4.07. The van der Waals surface area contributed by atoms with Crippen LogP contribution in [-0.4, -0.2) is 17.0 Å². The molecule has 1 heterocycles. The number of Topliss-reactive ketones (excluding diaryl/α,β-unsaturated/α-hetero) is 1. The summed E-state index contributed by atoms with van der Waals surface area (Å²) in [5.74, 6) is -0.420. The van der Waals surface area contributed by atoms with E-state index in [1.807, 2.05) is 7.05 Å². The Bertz CT molecular complexity index is 548. The lowest BCUT2D eigenvalue weighted by Gasteiger charge is -2.04. The number of halogens is 1. The third-order valence-corrected chi connectivity index (χ3v) is 2.60. The zero-order valence-electron chi connectivity index (χ0n) is 10.1. The minimum atomic E-state index is -0.315. The Hall–Kier alpha value is -1.94. The first-order valence-corrected chi connectivity index (χ1v) is 5.63. The molecule has 0 saturated heterocycles. The van der Waals surface area contributed by atoms with Crippen molar-refractivity contribution in [3.63, 3.8) is 0 Å². The van der Waals surface area contributed by atoms with Gasteiger partial charge in [-0.25, -0.2) is 4.39 Å². The number of ether oxygens (including phenoxy) is 1. The number of carbonyl (C=O) groups excluding carboxylic acids is 1. The van der Waals surface area contributed by atoms with Crippen molar-refractivity contribution < 1.29 is 13.9 Å². The van der Waals surface area contributed by atoms with Gasteiger partial charge in [-0.05, 0) is 12.1 Å². The summed E-state index contributed by atoms with van der Waals surface area (Å²) in [6.45, 7) is 0.0591. The van der Waals surface area contributed by atoms with Crippen LogP contribution in [0.1, 0.15) is 15.9 Å². The summed E-state index contributed by atoms with van der Waals surface area (Å²) in [6, 6.07) is 8.10. The lowest BCUT2D eigenvalue weighted by atomic mass is 10.2. The molecule has 0 N–H and O–H groups in total. The van der Waals surface area contributed by atoms with E-state index in [9.17, 15) is 9.18 Å². The summed E-state index contributed by atoms with van der Waals surface area (Å²) in [6.07, 6.45) is 3.53. The maximum Gasteiger partial charge on any atom is 0.189 e. The van der Waals surface area contributed by atoms with Gasteiger partial charge in [0.1, 0.15) is 12.4 Å². The number of hydrogen-bond donors (Lipinski definition) is 0. The highest BCUT2D eigenvalue weighted by molar-refractivity contribution is 5.96. The van der Waals surface area contributed by atoms with Gasteiger partial charge in [0, 0.05) is 30.6 Å². The van der Waals surface area contributed by atoms with E-state index in [1.54, 1.807) is 41.2 Å². The topological polar surface area (TPSA) is 31.2 Å². The quantitative estimate of drug-likeness (QED) is 0.760. The molecule has 3 nitrogen and oxygen atoms in total. The Morgan fingerprint density at radius 3 is 2.78 bits per heavy atom. The maximum atomic E-state index is 13.3. The molecule has 0 spiro atoms. The Balaban J connectivity index is 1.86. The summed E-state index contributed by atoms with van der Waals surface area (Å²) >= 11 is 0. The molecule has 0 aliphatic rings. The minimum absolute atomic E-state index is 0.0433. The van der Waals surface area contributed by atoms with Crippen LogP contribution in [0.3, 0.4) is 0 Å². The molecule has 2 rings (SSSR count). The predicted molar refractivity (Wildman–Crippen MR) is 65.8 cm³/mol. The van der Waals surface area contributed by atoms with Gasteiger partial charge in [0.2, 0.25) is 0 Å². The van der Waals surface area contributed by atoms with E-state index in [4.69, 9.17) is 4.74 Å². The number of aromatic nitrogens is 1. The largest absolute Gasteiger partial charge is 0.369 e. The van der Waals surface area contributed by atoms with Gasteiger partial charge in [-0.15, -0.1) is 0 Å². The fraction of sp³-hybridized carbons (Fsp3) is 0.214. The Morgan fingerprint density at radius 1 is 1.33 bits per heavy atom. The lowest BCUT2D eigenvalue weighted by molar-refractivity contribution is 0.0721. The number of benzene rings is 1. The average molecular weight is 247 g/mol. The van der Waals surface area contributed by atoms with Gasteiger partial charge in [-0.3, -0.25) is 4.79 Å². The first-order valence-electron chi connectivity index (χ1n) is 5.63. The molecule has 18 heavy (non-hydrogen) atoms. The molecule has 0 unspecified atom stereocenters. The van der Waals surface area contributed by atoms with Gasteiger partial charge in [0.05, 0.1) is 6.61 Å². The number of nitrogens with zero attached hydrogens (tertiary/aromatic N) is 1. The summed E-state index contributed by atoms with van der Waals surface area (Å²) in [5.41, 5.74) is 1.06. The van der Waals surface area contributed by atoms with Crippen molar-refractivity contribution in [1.29, 1.82) is 0 Å². The molecule has 0 aliphatic carbocycles. The molecule has 0 atom stereocenters. The number of carbonyl (C=O) groups is 1. The number of rotatable bonds is 5. The molecule has 0 bridgehead atoms. The highest BCUT2D eigenvalue weighted by Gasteiger charge is 2.08. The normalized spacial score (nSPS) is 10.6. The van der Waals surface area contributed by atoms with Crippen molar-refractivity contribution in [1.82, 2.24) is 4.57 Å². The molecule has 0 fully saturated rings. The zero-order valence-corrected chi connectivity index (χ0v) is 10.1. The van der Waals surface area contributed by atoms with Gasteiger partial charge in [-0.2, -0.15) is 0 Å². The van der Waals surface area contributed by atoms with Crippen LogP contribution >= 0.6 is 0 Å². The molecule has 4 heteroatoms. The van der Waals surface area contributed by atoms with Crippen LogP contribution in [0.2, 0.25) is 0 Å². The first-order chi connectivity index (χ1) is 8.66. The number of hydrogen-bond acceptors (Lipinski definition) is 2. The summed E-state index contributed by atoms with van der Waals surface area (Å²) in [7, 11) is 1.84. The predicted octanol–water partition coefficient (Wildman–Crippen LogP) is 2.56. The third kappa shape index (κ3) is 3.05. The van der Waals surface area contributed by atoms with E-state index in [0.29, 0.717) is 11.1 Å². The zero-order chi connectivity index (χ0) is 13.0. The van der Waals surface area contributed by atoms with Crippen LogP contribution in [0.25, 0.3) is 0 Å². The van der Waals surface area contributed by atoms with Crippen LogP contribution in [-0.2, 0) is 18.4 Å². The molecule has 2 aromatic rings. The summed E-state index contributed by atoms with van der Waals surface area (Å²) in [4.78, 5) is 11.7. The molecular weight excluding hydrogens is 233 g/mol. The molecule has 0 amide bonds. The molecule has 1 aromatic heterocycles. The molecule has 1 aromatic carbocycles. The highest BCUT2D eigenvalue weighted by Crippen LogP contribution is 2.08. The fourth-order valence-electron chi connectivity index (χ4n) is 1.62. The van der Waals surface area contributed by atoms with Gasteiger partial charge < -0.3 is 9.30 Å². The van der Waals surface area contributed by atoms with Gasteiger partial charge >= 0.3 is 0 Å². The standard InChI is InChI=1S/C14H14FNO2/c1-16-7-6-11(8-16)14(17)10-18-9-12-4-2-3-5-13(12)15/h2-8H,9-10H2,1H3. The minimum Gasteiger partial charge on any atom is -0.369 e. The summed E-state index contributed by atoms with van der Waals surface area (Å²) < 4.78 is 20.3. The molecule has 94 valence electrons. The smallest absolute Gasteiger partial charge is 0.189 e. The highest BCUT2D eigenvalue weighted by atomic mass is 19.1. The van der Waals surface area contributed by atoms with Crippen LogP contribution in [0, 0.1) is 5.82 Å². The third-order valence-electron chi connectivity index (χ3n) is 2.60. The van der Waals surface area contributed by atoms with Crippen molar-refractivity contribution in [2.75, 3.05) is 6.61 Å². The molecule has 0 radical (unpaired) electrons. The Morgan fingerprint density at radius 2 is 2.11 bits per heavy atom. The maximum absolute atomic E-state index is 13.3. The number of ketones is 1. The van der Waals surface area contributed by atoms with Crippen molar-refractivity contribution in [2.24, 2.45) is 7.05 Å². The van der Waals surface area contributed by atoms with Crippen molar-refractivity contribution in [3.8, 4) is 0 Å². The average Bonchev–Trinajstić information content (AvgIpc) is 2.78. The monoisotopic (exact) mass is 247 g/mol. The van der Waals surface area contributed by atoms with E-state index in [1.165, 1.54) is 6.07 Å².